The number of nitrogens with one attached hydrogen (secondary N) is 1. The summed E-state index contributed by atoms with van der Waals surface area (Å²) in [5, 5.41) is 29.8. The Labute approximate surface area is 143 Å². The van der Waals surface area contributed by atoms with Gasteiger partial charge in [0.05, 0.1) is 17.7 Å². The first kappa shape index (κ1) is 17.8. The minimum atomic E-state index is -1.12. The highest BCUT2D eigenvalue weighted by Gasteiger charge is 2.09. The SMILES string of the molecule is O=C(O)CCC(N=Nc1ccccc1C(=O)O)=NNc1ccccc1. The van der Waals surface area contributed by atoms with Gasteiger partial charge in [-0.15, -0.1) is 10.2 Å². The van der Waals surface area contributed by atoms with E-state index < -0.39 is 11.9 Å². The fraction of sp³-hybridized carbons (Fsp3) is 0.118. The molecule has 0 spiro atoms. The average Bonchev–Trinajstić information content (AvgIpc) is 2.62. The van der Waals surface area contributed by atoms with Crippen LogP contribution in [0.5, 0.6) is 0 Å². The highest BCUT2D eigenvalue weighted by atomic mass is 16.4. The smallest absolute Gasteiger partial charge is 0.337 e. The van der Waals surface area contributed by atoms with E-state index >= 15 is 0 Å². The number of azo groups is 1. The minimum Gasteiger partial charge on any atom is -0.481 e. The molecule has 0 fully saturated rings. The van der Waals surface area contributed by atoms with Gasteiger partial charge in [-0.2, -0.15) is 5.10 Å². The molecule has 2 aromatic carbocycles. The summed E-state index contributed by atoms with van der Waals surface area (Å²) in [6.07, 6.45) is -0.122. The van der Waals surface area contributed by atoms with Gasteiger partial charge in [-0.25, -0.2) is 4.79 Å². The molecule has 2 rings (SSSR count). The van der Waals surface area contributed by atoms with E-state index in [-0.39, 0.29) is 29.9 Å². The second-order valence-corrected chi connectivity index (χ2v) is 4.92. The predicted molar refractivity (Wildman–Crippen MR) is 92.3 cm³/mol. The molecule has 0 aliphatic carbocycles. The van der Waals surface area contributed by atoms with Gasteiger partial charge in [-0.3, -0.25) is 10.2 Å². The molecule has 0 bridgehead atoms. The molecular weight excluding hydrogens is 324 g/mol. The zero-order chi connectivity index (χ0) is 18.1. The maximum atomic E-state index is 11.2. The number of hydrogen-bond acceptors (Lipinski definition) is 5. The molecule has 128 valence electrons. The zero-order valence-electron chi connectivity index (χ0n) is 13.2. The summed E-state index contributed by atoms with van der Waals surface area (Å²) in [6, 6.07) is 15.2. The van der Waals surface area contributed by atoms with Crippen LogP contribution in [0.15, 0.2) is 69.9 Å². The molecule has 0 aliphatic heterocycles. The van der Waals surface area contributed by atoms with Crippen molar-refractivity contribution in [2.45, 2.75) is 12.8 Å². The third kappa shape index (κ3) is 5.87. The Morgan fingerprint density at radius 1 is 0.920 bits per heavy atom. The monoisotopic (exact) mass is 340 g/mol. The molecule has 0 heterocycles. The Morgan fingerprint density at radius 3 is 2.28 bits per heavy atom. The standard InChI is InChI=1S/C17H16N4O4/c22-16(23)11-10-15(20-18-12-6-2-1-3-7-12)21-19-14-9-5-4-8-13(14)17(24)25/h1-9,18H,10-11H2,(H,22,23)(H,24,25). The Bertz CT molecular complexity index is 803. The van der Waals surface area contributed by atoms with Crippen LogP contribution in [0.2, 0.25) is 0 Å². The van der Waals surface area contributed by atoms with Gasteiger partial charge in [0.1, 0.15) is 5.69 Å². The van der Waals surface area contributed by atoms with Crippen molar-refractivity contribution in [3.63, 3.8) is 0 Å². The van der Waals surface area contributed by atoms with E-state index in [2.05, 4.69) is 20.8 Å². The molecular formula is C17H16N4O4. The number of carboxylic acids is 2. The topological polar surface area (TPSA) is 124 Å². The van der Waals surface area contributed by atoms with Crippen molar-refractivity contribution in [3.8, 4) is 0 Å². The van der Waals surface area contributed by atoms with Crippen LogP contribution < -0.4 is 5.43 Å². The molecule has 0 saturated carbocycles. The van der Waals surface area contributed by atoms with E-state index in [1.807, 2.05) is 18.2 Å². The van der Waals surface area contributed by atoms with Crippen LogP contribution in [-0.2, 0) is 4.79 Å². The molecule has 0 radical (unpaired) electrons. The van der Waals surface area contributed by atoms with Gasteiger partial charge in [0, 0.05) is 6.42 Å². The van der Waals surface area contributed by atoms with Crippen molar-refractivity contribution in [2.24, 2.45) is 15.3 Å². The lowest BCUT2D eigenvalue weighted by molar-refractivity contribution is -0.136. The van der Waals surface area contributed by atoms with Crippen LogP contribution in [0.25, 0.3) is 0 Å². The van der Waals surface area contributed by atoms with Gasteiger partial charge in [0.25, 0.3) is 0 Å². The third-order valence-electron chi connectivity index (χ3n) is 3.06. The fourth-order valence-electron chi connectivity index (χ4n) is 1.84. The maximum absolute atomic E-state index is 11.2. The number of aromatic carboxylic acids is 1. The van der Waals surface area contributed by atoms with Crippen LogP contribution in [0.1, 0.15) is 23.2 Å². The summed E-state index contributed by atoms with van der Waals surface area (Å²) in [7, 11) is 0. The molecule has 8 heteroatoms. The molecule has 0 aliphatic rings. The summed E-state index contributed by atoms with van der Waals surface area (Å²) in [5.74, 6) is -1.97. The van der Waals surface area contributed by atoms with Gasteiger partial charge in [0.15, 0.2) is 5.84 Å². The summed E-state index contributed by atoms with van der Waals surface area (Å²) in [6.45, 7) is 0. The number of hydrazone groups is 1. The van der Waals surface area contributed by atoms with Crippen molar-refractivity contribution in [2.75, 3.05) is 5.43 Å². The summed E-state index contributed by atoms with van der Waals surface area (Å²) in [4.78, 5) is 21.9. The van der Waals surface area contributed by atoms with Gasteiger partial charge in [-0.05, 0) is 24.3 Å². The molecule has 8 nitrogen and oxygen atoms in total. The number of nitrogens with zero attached hydrogens (tertiary/aromatic N) is 3. The maximum Gasteiger partial charge on any atom is 0.337 e. The molecule has 2 aromatic rings. The second kappa shape index (κ2) is 8.92. The van der Waals surface area contributed by atoms with Gasteiger partial charge in [-0.1, -0.05) is 30.3 Å². The van der Waals surface area contributed by atoms with E-state index in [0.717, 1.165) is 0 Å². The largest absolute Gasteiger partial charge is 0.481 e. The number of anilines is 1. The van der Waals surface area contributed by atoms with Crippen LogP contribution in [-0.4, -0.2) is 28.0 Å². The summed E-state index contributed by atoms with van der Waals surface area (Å²) >= 11 is 0. The van der Waals surface area contributed by atoms with Crippen LogP contribution in [0.3, 0.4) is 0 Å². The number of hydrogen-bond donors (Lipinski definition) is 3. The molecule has 25 heavy (non-hydrogen) atoms. The lowest BCUT2D eigenvalue weighted by atomic mass is 10.2. The van der Waals surface area contributed by atoms with Crippen molar-refractivity contribution in [3.05, 3.63) is 60.2 Å². The highest BCUT2D eigenvalue weighted by molar-refractivity contribution is 5.93. The number of aliphatic carboxylic acids is 1. The highest BCUT2D eigenvalue weighted by Crippen LogP contribution is 2.19. The summed E-state index contributed by atoms with van der Waals surface area (Å²) in [5.41, 5.74) is 3.64. The van der Waals surface area contributed by atoms with Gasteiger partial charge >= 0.3 is 11.9 Å². The molecule has 0 saturated heterocycles. The van der Waals surface area contributed by atoms with Gasteiger partial charge in [0.2, 0.25) is 0 Å². The van der Waals surface area contributed by atoms with E-state index in [4.69, 9.17) is 10.2 Å². The Kier molecular flexibility index (Phi) is 6.35. The third-order valence-corrected chi connectivity index (χ3v) is 3.06. The minimum absolute atomic E-state index is 0.000136. The molecule has 0 unspecified atom stereocenters. The Hall–Kier alpha value is -3.55. The lowest BCUT2D eigenvalue weighted by Gasteiger charge is -2.03. The first-order valence-electron chi connectivity index (χ1n) is 7.40. The molecule has 3 N–H and O–H groups in total. The zero-order valence-corrected chi connectivity index (χ0v) is 13.2. The van der Waals surface area contributed by atoms with E-state index in [9.17, 15) is 9.59 Å². The average molecular weight is 340 g/mol. The number of amidine groups is 1. The normalized spacial score (nSPS) is 11.4. The number of carboxylic acid groups (broad SMARTS) is 2. The second-order valence-electron chi connectivity index (χ2n) is 4.92. The van der Waals surface area contributed by atoms with Crippen molar-refractivity contribution in [1.82, 2.24) is 0 Å². The van der Waals surface area contributed by atoms with Crippen molar-refractivity contribution < 1.29 is 19.8 Å². The first-order valence-corrected chi connectivity index (χ1v) is 7.40. The van der Waals surface area contributed by atoms with Crippen LogP contribution in [0, 0.1) is 0 Å². The number of carbonyl (C=O) groups is 2. The lowest BCUT2D eigenvalue weighted by Crippen LogP contribution is -2.04. The molecule has 0 atom stereocenters. The number of para-hydroxylation sites is 1. The predicted octanol–water partition coefficient (Wildman–Crippen LogP) is 3.76. The Balaban J connectivity index is 2.20. The molecule has 0 aromatic heterocycles. The van der Waals surface area contributed by atoms with Crippen molar-refractivity contribution in [1.29, 1.82) is 0 Å². The van der Waals surface area contributed by atoms with Gasteiger partial charge < -0.3 is 10.2 Å². The van der Waals surface area contributed by atoms with Crippen LogP contribution in [0.4, 0.5) is 11.4 Å². The summed E-state index contributed by atoms with van der Waals surface area (Å²) < 4.78 is 0. The van der Waals surface area contributed by atoms with E-state index in [0.29, 0.717) is 5.69 Å². The number of rotatable bonds is 7. The molecule has 0 amide bonds. The van der Waals surface area contributed by atoms with E-state index in [1.54, 1.807) is 24.3 Å². The van der Waals surface area contributed by atoms with Crippen molar-refractivity contribution >= 4 is 29.1 Å². The fourth-order valence-corrected chi connectivity index (χ4v) is 1.84. The quantitative estimate of drug-likeness (QED) is 0.306. The first-order chi connectivity index (χ1) is 12.1. The Morgan fingerprint density at radius 2 is 1.60 bits per heavy atom. The number of benzene rings is 2. The van der Waals surface area contributed by atoms with E-state index in [1.165, 1.54) is 12.1 Å². The van der Waals surface area contributed by atoms with Crippen LogP contribution >= 0.6 is 0 Å².